The second kappa shape index (κ2) is 6.69. The standard InChI is InChI=1S/C16H14N4O3/c1-22-15-7-12(9-21)14(8-18-15)23-10-11-3-2-5-17-16(11)13-4-6-19-20-13/h2-9H,10H2,1H3,(H,19,20). The normalized spacial score (nSPS) is 10.3. The average Bonchev–Trinajstić information content (AvgIpc) is 3.14. The summed E-state index contributed by atoms with van der Waals surface area (Å²) in [6.45, 7) is 0.247. The van der Waals surface area contributed by atoms with Crippen LogP contribution in [-0.4, -0.2) is 33.6 Å². The molecule has 3 heterocycles. The minimum absolute atomic E-state index is 0.247. The van der Waals surface area contributed by atoms with E-state index in [0.29, 0.717) is 23.5 Å². The molecule has 0 spiro atoms. The highest BCUT2D eigenvalue weighted by Gasteiger charge is 2.11. The minimum Gasteiger partial charge on any atom is -0.486 e. The molecule has 0 saturated carbocycles. The van der Waals surface area contributed by atoms with Crippen molar-refractivity contribution < 1.29 is 14.3 Å². The molecule has 7 nitrogen and oxygen atoms in total. The third-order valence-corrected chi connectivity index (χ3v) is 3.24. The maximum atomic E-state index is 11.2. The summed E-state index contributed by atoms with van der Waals surface area (Å²) in [4.78, 5) is 19.6. The number of H-pyrrole nitrogens is 1. The van der Waals surface area contributed by atoms with E-state index < -0.39 is 0 Å². The third kappa shape index (κ3) is 3.18. The molecule has 0 aromatic carbocycles. The zero-order chi connectivity index (χ0) is 16.1. The topological polar surface area (TPSA) is 90.0 Å². The molecule has 3 aromatic heterocycles. The fraction of sp³-hybridized carbons (Fsp3) is 0.125. The Hall–Kier alpha value is -3.22. The predicted molar refractivity (Wildman–Crippen MR) is 82.3 cm³/mol. The van der Waals surface area contributed by atoms with E-state index in [0.717, 1.165) is 17.0 Å². The van der Waals surface area contributed by atoms with Gasteiger partial charge in [0.1, 0.15) is 12.4 Å². The second-order valence-corrected chi connectivity index (χ2v) is 4.65. The van der Waals surface area contributed by atoms with Gasteiger partial charge < -0.3 is 9.47 Å². The molecule has 0 fully saturated rings. The number of carbonyl (C=O) groups is 1. The van der Waals surface area contributed by atoms with Gasteiger partial charge in [-0.1, -0.05) is 6.07 Å². The van der Waals surface area contributed by atoms with E-state index in [-0.39, 0.29) is 6.61 Å². The van der Waals surface area contributed by atoms with Crippen LogP contribution in [0.25, 0.3) is 11.4 Å². The number of nitrogens with one attached hydrogen (secondary N) is 1. The van der Waals surface area contributed by atoms with Crippen molar-refractivity contribution in [2.24, 2.45) is 0 Å². The summed E-state index contributed by atoms with van der Waals surface area (Å²) in [5, 5.41) is 6.80. The van der Waals surface area contributed by atoms with Crippen LogP contribution in [0.5, 0.6) is 11.6 Å². The molecule has 1 N–H and O–H groups in total. The Bertz CT molecular complexity index is 803. The average molecular weight is 310 g/mol. The smallest absolute Gasteiger partial charge is 0.213 e. The molecule has 0 aliphatic heterocycles. The Kier molecular flexibility index (Phi) is 4.28. The lowest BCUT2D eigenvalue weighted by molar-refractivity contribution is 0.111. The summed E-state index contributed by atoms with van der Waals surface area (Å²) >= 11 is 0. The Morgan fingerprint density at radius 1 is 1.26 bits per heavy atom. The summed E-state index contributed by atoms with van der Waals surface area (Å²) in [5.74, 6) is 0.749. The van der Waals surface area contributed by atoms with Gasteiger partial charge in [-0.05, 0) is 12.1 Å². The lowest BCUT2D eigenvalue weighted by atomic mass is 10.1. The SMILES string of the molecule is COc1cc(C=O)c(OCc2cccnc2-c2ccn[nH]2)cn1. The maximum Gasteiger partial charge on any atom is 0.213 e. The number of hydrogen-bond donors (Lipinski definition) is 1. The molecule has 23 heavy (non-hydrogen) atoms. The number of methoxy groups -OCH3 is 1. The molecule has 0 atom stereocenters. The predicted octanol–water partition coefficient (Wildman–Crippen LogP) is 2.27. The van der Waals surface area contributed by atoms with Crippen LogP contribution in [0.3, 0.4) is 0 Å². The van der Waals surface area contributed by atoms with Crippen molar-refractivity contribution in [3.8, 4) is 23.0 Å². The van der Waals surface area contributed by atoms with E-state index in [1.807, 2.05) is 18.2 Å². The Morgan fingerprint density at radius 2 is 2.17 bits per heavy atom. The van der Waals surface area contributed by atoms with E-state index in [9.17, 15) is 4.79 Å². The van der Waals surface area contributed by atoms with Gasteiger partial charge in [0.25, 0.3) is 0 Å². The number of rotatable bonds is 6. The van der Waals surface area contributed by atoms with Gasteiger partial charge in [0.05, 0.1) is 30.3 Å². The molecule has 0 saturated heterocycles. The molecule has 0 amide bonds. The van der Waals surface area contributed by atoms with Crippen molar-refractivity contribution in [1.29, 1.82) is 0 Å². The molecular formula is C16H14N4O3. The van der Waals surface area contributed by atoms with Crippen molar-refractivity contribution in [3.05, 3.63) is 54.0 Å². The van der Waals surface area contributed by atoms with E-state index in [2.05, 4.69) is 20.2 Å². The Labute approximate surface area is 132 Å². The van der Waals surface area contributed by atoms with Crippen LogP contribution < -0.4 is 9.47 Å². The molecule has 116 valence electrons. The number of aromatic amines is 1. The molecule has 7 heteroatoms. The third-order valence-electron chi connectivity index (χ3n) is 3.24. The molecule has 0 unspecified atom stereocenters. The van der Waals surface area contributed by atoms with E-state index in [1.54, 1.807) is 12.4 Å². The van der Waals surface area contributed by atoms with Crippen LogP contribution in [0.2, 0.25) is 0 Å². The number of pyridine rings is 2. The summed E-state index contributed by atoms with van der Waals surface area (Å²) in [7, 11) is 1.49. The van der Waals surface area contributed by atoms with Gasteiger partial charge in [0.2, 0.25) is 5.88 Å². The summed E-state index contributed by atoms with van der Waals surface area (Å²) in [5.41, 5.74) is 2.79. The van der Waals surface area contributed by atoms with E-state index >= 15 is 0 Å². The first kappa shape index (κ1) is 14.7. The summed E-state index contributed by atoms with van der Waals surface area (Å²) in [6.07, 6.45) is 5.53. The Balaban J connectivity index is 1.83. The van der Waals surface area contributed by atoms with Crippen LogP contribution in [0.4, 0.5) is 0 Å². The molecule has 0 bridgehead atoms. The van der Waals surface area contributed by atoms with Gasteiger partial charge in [-0.25, -0.2) is 4.98 Å². The zero-order valence-corrected chi connectivity index (χ0v) is 12.4. The van der Waals surface area contributed by atoms with E-state index in [1.165, 1.54) is 19.4 Å². The van der Waals surface area contributed by atoms with Crippen LogP contribution >= 0.6 is 0 Å². The van der Waals surface area contributed by atoms with Crippen molar-refractivity contribution in [3.63, 3.8) is 0 Å². The zero-order valence-electron chi connectivity index (χ0n) is 12.4. The monoisotopic (exact) mass is 310 g/mol. The van der Waals surface area contributed by atoms with Gasteiger partial charge in [0, 0.05) is 24.0 Å². The minimum atomic E-state index is 0.247. The number of aldehydes is 1. The van der Waals surface area contributed by atoms with Crippen LogP contribution in [-0.2, 0) is 6.61 Å². The largest absolute Gasteiger partial charge is 0.486 e. The van der Waals surface area contributed by atoms with Gasteiger partial charge in [-0.3, -0.25) is 14.9 Å². The quantitative estimate of drug-likeness (QED) is 0.702. The van der Waals surface area contributed by atoms with Crippen LogP contribution in [0.1, 0.15) is 15.9 Å². The fourth-order valence-corrected chi connectivity index (χ4v) is 2.10. The molecule has 0 aliphatic rings. The molecule has 3 rings (SSSR count). The Morgan fingerprint density at radius 3 is 2.91 bits per heavy atom. The number of ether oxygens (including phenoxy) is 2. The van der Waals surface area contributed by atoms with Gasteiger partial charge in [-0.2, -0.15) is 5.10 Å². The van der Waals surface area contributed by atoms with Crippen molar-refractivity contribution in [1.82, 2.24) is 20.2 Å². The highest BCUT2D eigenvalue weighted by Crippen LogP contribution is 2.23. The van der Waals surface area contributed by atoms with E-state index in [4.69, 9.17) is 9.47 Å². The molecule has 3 aromatic rings. The van der Waals surface area contributed by atoms with Gasteiger partial charge in [0.15, 0.2) is 6.29 Å². The maximum absolute atomic E-state index is 11.2. The number of aromatic nitrogens is 4. The lowest BCUT2D eigenvalue weighted by Crippen LogP contribution is -2.02. The lowest BCUT2D eigenvalue weighted by Gasteiger charge is -2.11. The first-order valence-electron chi connectivity index (χ1n) is 6.87. The summed E-state index contributed by atoms with van der Waals surface area (Å²) < 4.78 is 10.7. The van der Waals surface area contributed by atoms with Crippen molar-refractivity contribution in [2.75, 3.05) is 7.11 Å². The summed E-state index contributed by atoms with van der Waals surface area (Å²) in [6, 6.07) is 7.09. The number of nitrogens with zero attached hydrogens (tertiary/aromatic N) is 3. The van der Waals surface area contributed by atoms with Crippen LogP contribution in [0.15, 0.2) is 42.9 Å². The van der Waals surface area contributed by atoms with Crippen LogP contribution in [0, 0.1) is 0 Å². The molecule has 0 aliphatic carbocycles. The molecular weight excluding hydrogens is 296 g/mol. The van der Waals surface area contributed by atoms with Crippen molar-refractivity contribution in [2.45, 2.75) is 6.61 Å². The molecule has 0 radical (unpaired) electrons. The highest BCUT2D eigenvalue weighted by molar-refractivity contribution is 5.79. The second-order valence-electron chi connectivity index (χ2n) is 4.65. The highest BCUT2D eigenvalue weighted by atomic mass is 16.5. The van der Waals surface area contributed by atoms with Gasteiger partial charge in [-0.15, -0.1) is 0 Å². The van der Waals surface area contributed by atoms with Crippen molar-refractivity contribution >= 4 is 6.29 Å². The van der Waals surface area contributed by atoms with Gasteiger partial charge >= 0.3 is 0 Å². The number of hydrogen-bond acceptors (Lipinski definition) is 6. The number of carbonyl (C=O) groups excluding carboxylic acids is 1. The fourth-order valence-electron chi connectivity index (χ4n) is 2.10. The first-order chi connectivity index (χ1) is 11.3. The first-order valence-corrected chi connectivity index (χ1v) is 6.87.